The topological polar surface area (TPSA) is 58.6 Å². The zero-order valence-corrected chi connectivity index (χ0v) is 19.5. The highest BCUT2D eigenvalue weighted by Crippen LogP contribution is 2.37. The number of anilines is 1. The minimum atomic E-state index is -4.49. The third-order valence-corrected chi connectivity index (χ3v) is 5.72. The molecule has 1 aliphatic rings. The van der Waals surface area contributed by atoms with E-state index in [4.69, 9.17) is 4.74 Å². The second kappa shape index (κ2) is 8.72. The van der Waals surface area contributed by atoms with E-state index in [9.17, 15) is 22.8 Å². The van der Waals surface area contributed by atoms with Crippen LogP contribution in [0, 0.1) is 6.92 Å². The number of rotatable bonds is 3. The molecule has 0 spiro atoms. The van der Waals surface area contributed by atoms with Gasteiger partial charge in [0.2, 0.25) is 0 Å². The molecule has 2 aromatic rings. The number of benzene rings is 2. The van der Waals surface area contributed by atoms with Crippen molar-refractivity contribution in [2.45, 2.75) is 58.2 Å². The summed E-state index contributed by atoms with van der Waals surface area (Å²) >= 11 is 0. The maximum atomic E-state index is 13.0. The number of carbonyl (C=O) groups excluding carboxylic acids is 2. The highest BCUT2D eigenvalue weighted by molar-refractivity contribution is 6.04. The fraction of sp³-hybridized carbons (Fsp3) is 0.440. The smallest absolute Gasteiger partial charge is 0.416 e. The van der Waals surface area contributed by atoms with Gasteiger partial charge < -0.3 is 15.0 Å². The lowest BCUT2D eigenvalue weighted by molar-refractivity contribution is -0.137. The lowest BCUT2D eigenvalue weighted by atomic mass is 9.79. The van der Waals surface area contributed by atoms with Gasteiger partial charge in [0, 0.05) is 29.8 Å². The number of carbonyl (C=O) groups is 2. The van der Waals surface area contributed by atoms with Crippen LogP contribution in [-0.4, -0.2) is 35.6 Å². The molecule has 5 nitrogen and oxygen atoms in total. The predicted molar refractivity (Wildman–Crippen MR) is 120 cm³/mol. The van der Waals surface area contributed by atoms with Crippen molar-refractivity contribution in [2.75, 3.05) is 18.4 Å². The van der Waals surface area contributed by atoms with E-state index in [1.807, 2.05) is 40.7 Å². The summed E-state index contributed by atoms with van der Waals surface area (Å²) in [7, 11) is 0. The van der Waals surface area contributed by atoms with Crippen molar-refractivity contribution in [3.63, 3.8) is 0 Å². The molecule has 0 bridgehead atoms. The van der Waals surface area contributed by atoms with Crippen LogP contribution in [0.5, 0.6) is 0 Å². The zero-order valence-electron chi connectivity index (χ0n) is 19.5. The second-order valence-electron chi connectivity index (χ2n) is 9.77. The highest BCUT2D eigenvalue weighted by atomic mass is 19.4. The maximum Gasteiger partial charge on any atom is 0.416 e. The van der Waals surface area contributed by atoms with Crippen LogP contribution < -0.4 is 5.32 Å². The molecule has 0 radical (unpaired) electrons. The molecule has 3 rings (SSSR count). The molecule has 1 atom stereocenters. The molecule has 1 saturated heterocycles. The van der Waals surface area contributed by atoms with Gasteiger partial charge in [-0.25, -0.2) is 4.79 Å². The first-order valence-electron chi connectivity index (χ1n) is 10.8. The lowest BCUT2D eigenvalue weighted by Gasteiger charge is -2.29. The van der Waals surface area contributed by atoms with E-state index in [1.54, 1.807) is 17.0 Å². The number of halogens is 3. The van der Waals surface area contributed by atoms with E-state index in [-0.39, 0.29) is 17.2 Å². The van der Waals surface area contributed by atoms with E-state index in [2.05, 4.69) is 5.32 Å². The number of amides is 2. The van der Waals surface area contributed by atoms with Crippen molar-refractivity contribution in [3.05, 3.63) is 64.7 Å². The third-order valence-electron chi connectivity index (χ3n) is 5.72. The second-order valence-corrected chi connectivity index (χ2v) is 9.77. The average molecular weight is 463 g/mol. The Hall–Kier alpha value is -3.03. The van der Waals surface area contributed by atoms with Gasteiger partial charge in [0.25, 0.3) is 5.91 Å². The van der Waals surface area contributed by atoms with Gasteiger partial charge in [-0.2, -0.15) is 13.2 Å². The number of aryl methyl sites for hydroxylation is 1. The summed E-state index contributed by atoms with van der Waals surface area (Å²) < 4.78 is 44.4. The third kappa shape index (κ3) is 5.86. The number of hydrogen-bond donors (Lipinski definition) is 1. The largest absolute Gasteiger partial charge is 0.444 e. The Bertz CT molecular complexity index is 1060. The zero-order chi connectivity index (χ0) is 24.6. The van der Waals surface area contributed by atoms with Crippen LogP contribution in [0.4, 0.5) is 23.7 Å². The van der Waals surface area contributed by atoms with Gasteiger partial charge in [0.05, 0.1) is 5.56 Å². The van der Waals surface area contributed by atoms with E-state index >= 15 is 0 Å². The predicted octanol–water partition coefficient (Wildman–Crippen LogP) is 6.16. The van der Waals surface area contributed by atoms with E-state index in [0.717, 1.165) is 23.3 Å². The Morgan fingerprint density at radius 2 is 1.79 bits per heavy atom. The monoisotopic (exact) mass is 462 g/mol. The number of hydrogen-bond acceptors (Lipinski definition) is 3. The van der Waals surface area contributed by atoms with E-state index < -0.39 is 23.2 Å². The van der Waals surface area contributed by atoms with Crippen LogP contribution in [-0.2, 0) is 16.3 Å². The van der Waals surface area contributed by atoms with E-state index in [0.29, 0.717) is 25.1 Å². The Morgan fingerprint density at radius 3 is 2.42 bits per heavy atom. The maximum absolute atomic E-state index is 13.0. The summed E-state index contributed by atoms with van der Waals surface area (Å²) in [6, 6.07) is 9.75. The van der Waals surface area contributed by atoms with Gasteiger partial charge in [-0.3, -0.25) is 4.79 Å². The van der Waals surface area contributed by atoms with Crippen molar-refractivity contribution in [2.24, 2.45) is 0 Å². The number of ether oxygens (including phenoxy) is 1. The molecule has 8 heteroatoms. The minimum Gasteiger partial charge on any atom is -0.444 e. The summed E-state index contributed by atoms with van der Waals surface area (Å²) in [4.78, 5) is 27.0. The van der Waals surface area contributed by atoms with Gasteiger partial charge in [-0.05, 0) is 75.6 Å². The summed E-state index contributed by atoms with van der Waals surface area (Å²) in [6.07, 6.45) is -4.16. The minimum absolute atomic E-state index is 0.0696. The molecule has 1 heterocycles. The van der Waals surface area contributed by atoms with Crippen LogP contribution in [0.2, 0.25) is 0 Å². The Balaban J connectivity index is 1.80. The van der Waals surface area contributed by atoms with Crippen molar-refractivity contribution < 1.29 is 27.5 Å². The molecule has 0 aromatic heterocycles. The normalized spacial score (nSPS) is 18.8. The van der Waals surface area contributed by atoms with Crippen LogP contribution in [0.25, 0.3) is 0 Å². The molecule has 2 aromatic carbocycles. The van der Waals surface area contributed by atoms with Crippen molar-refractivity contribution in [3.8, 4) is 0 Å². The molecule has 1 N–H and O–H groups in total. The molecule has 1 aliphatic heterocycles. The number of nitrogens with zero attached hydrogens (tertiary/aromatic N) is 1. The van der Waals surface area contributed by atoms with Crippen molar-refractivity contribution >= 4 is 17.7 Å². The molecule has 1 fully saturated rings. The molecule has 2 amide bonds. The lowest BCUT2D eigenvalue weighted by Crippen LogP contribution is -2.37. The Morgan fingerprint density at radius 1 is 1.09 bits per heavy atom. The number of likely N-dealkylation sites (tertiary alicyclic amines) is 1. The van der Waals surface area contributed by atoms with Crippen molar-refractivity contribution in [1.29, 1.82) is 0 Å². The molecule has 0 saturated carbocycles. The summed E-state index contributed by atoms with van der Waals surface area (Å²) in [5.41, 5.74) is 0.501. The van der Waals surface area contributed by atoms with Crippen LogP contribution in [0.15, 0.2) is 42.5 Å². The van der Waals surface area contributed by atoms with Gasteiger partial charge >= 0.3 is 12.3 Å². The van der Waals surface area contributed by atoms with Gasteiger partial charge in [-0.1, -0.05) is 19.1 Å². The first-order valence-corrected chi connectivity index (χ1v) is 10.8. The fourth-order valence-electron chi connectivity index (χ4n) is 4.05. The summed E-state index contributed by atoms with van der Waals surface area (Å²) in [5.74, 6) is -0.499. The van der Waals surface area contributed by atoms with Crippen LogP contribution in [0.1, 0.15) is 61.2 Å². The SMILES string of the molecule is Cc1ccc(C(=O)Nc2cccc(C(F)(F)F)c2)cc1[C@]1(C)CCN(C(=O)OC(C)(C)C)C1. The summed E-state index contributed by atoms with van der Waals surface area (Å²) in [5, 5.41) is 2.55. The average Bonchev–Trinajstić information content (AvgIpc) is 3.10. The highest BCUT2D eigenvalue weighted by Gasteiger charge is 2.40. The van der Waals surface area contributed by atoms with Gasteiger partial charge in [0.1, 0.15) is 5.60 Å². The quantitative estimate of drug-likeness (QED) is 0.594. The molecule has 178 valence electrons. The van der Waals surface area contributed by atoms with E-state index in [1.165, 1.54) is 12.1 Å². The standard InChI is InChI=1S/C25H29F3N2O3/c1-16-9-10-17(21(31)29-19-8-6-7-18(14-19)25(26,27)28)13-20(16)24(5)11-12-30(15-24)22(32)33-23(2,3)4/h6-10,13-14H,11-12,15H2,1-5H3,(H,29,31)/t24-/m1/s1. The Labute approximate surface area is 191 Å². The van der Waals surface area contributed by atoms with Crippen LogP contribution in [0.3, 0.4) is 0 Å². The molecule has 0 unspecified atom stereocenters. The number of nitrogens with one attached hydrogen (secondary N) is 1. The molecule has 33 heavy (non-hydrogen) atoms. The van der Waals surface area contributed by atoms with Crippen molar-refractivity contribution in [1.82, 2.24) is 4.90 Å². The van der Waals surface area contributed by atoms with Gasteiger partial charge in [0.15, 0.2) is 0 Å². The molecule has 0 aliphatic carbocycles. The van der Waals surface area contributed by atoms with Gasteiger partial charge in [-0.15, -0.1) is 0 Å². The van der Waals surface area contributed by atoms with Crippen LogP contribution >= 0.6 is 0 Å². The fourth-order valence-corrected chi connectivity index (χ4v) is 4.05. The first-order chi connectivity index (χ1) is 15.2. The molecular weight excluding hydrogens is 433 g/mol. The number of alkyl halides is 3. The molecular formula is C25H29F3N2O3. The Kier molecular flexibility index (Phi) is 6.51. The summed E-state index contributed by atoms with van der Waals surface area (Å²) in [6.45, 7) is 10.4. The first kappa shape index (κ1) is 24.6.